The monoisotopic (exact) mass is 469 g/mol. The van der Waals surface area contributed by atoms with Gasteiger partial charge in [-0.05, 0) is 29.2 Å². The molecule has 0 atom stereocenters. The second-order valence-electron chi connectivity index (χ2n) is 7.96. The van der Waals surface area contributed by atoms with E-state index in [1.54, 1.807) is 17.0 Å². The summed E-state index contributed by atoms with van der Waals surface area (Å²) in [6.07, 6.45) is -0.427. The summed E-state index contributed by atoms with van der Waals surface area (Å²) in [4.78, 5) is 40.5. The molecule has 0 unspecified atom stereocenters. The minimum Gasteiger partial charge on any atom is -0.453 e. The van der Waals surface area contributed by atoms with Gasteiger partial charge in [-0.1, -0.05) is 56.5 Å². The highest BCUT2D eigenvalue weighted by atomic mass is 32.2. The van der Waals surface area contributed by atoms with Gasteiger partial charge in [0.2, 0.25) is 0 Å². The van der Waals surface area contributed by atoms with Gasteiger partial charge < -0.3 is 14.5 Å². The van der Waals surface area contributed by atoms with Gasteiger partial charge in [-0.3, -0.25) is 14.9 Å². The van der Waals surface area contributed by atoms with Gasteiger partial charge in [-0.2, -0.15) is 0 Å². The van der Waals surface area contributed by atoms with Crippen molar-refractivity contribution < 1.29 is 19.2 Å². The summed E-state index contributed by atoms with van der Waals surface area (Å²) >= 11 is 1.34. The molecule has 174 valence electrons. The van der Waals surface area contributed by atoms with Crippen molar-refractivity contribution in [3.8, 4) is 0 Å². The van der Waals surface area contributed by atoms with Crippen LogP contribution in [0.25, 0.3) is 5.57 Å². The van der Waals surface area contributed by atoms with Crippen LogP contribution >= 0.6 is 11.8 Å². The van der Waals surface area contributed by atoms with Crippen LogP contribution in [0.15, 0.2) is 58.8 Å². The van der Waals surface area contributed by atoms with E-state index in [-0.39, 0.29) is 23.1 Å². The molecule has 1 aliphatic rings. The van der Waals surface area contributed by atoms with Gasteiger partial charge in [0.15, 0.2) is 0 Å². The van der Waals surface area contributed by atoms with E-state index in [1.807, 2.05) is 24.3 Å². The number of ether oxygens (including phenoxy) is 1. The van der Waals surface area contributed by atoms with Crippen molar-refractivity contribution in [3.63, 3.8) is 0 Å². The summed E-state index contributed by atoms with van der Waals surface area (Å²) in [5, 5.41) is 11.8. The van der Waals surface area contributed by atoms with E-state index in [9.17, 15) is 19.7 Å². The highest BCUT2D eigenvalue weighted by molar-refractivity contribution is 7.99. The average Bonchev–Trinajstić information content (AvgIpc) is 2.83. The molecular weight excluding hydrogens is 442 g/mol. The molecule has 2 amide bonds. The average molecular weight is 470 g/mol. The molecule has 1 fully saturated rings. The number of benzene rings is 2. The van der Waals surface area contributed by atoms with Crippen molar-refractivity contribution in [1.82, 2.24) is 9.80 Å². The molecule has 0 aromatic heterocycles. The second-order valence-corrected chi connectivity index (χ2v) is 9.05. The largest absolute Gasteiger partial charge is 0.453 e. The molecule has 2 aromatic carbocycles. The maximum atomic E-state index is 12.9. The first kappa shape index (κ1) is 24.3. The van der Waals surface area contributed by atoms with E-state index in [4.69, 9.17) is 4.74 Å². The number of hydrogen-bond donors (Lipinski definition) is 0. The maximum absolute atomic E-state index is 12.9. The standard InChI is InChI=1S/C24H27N3O5S/c1-16(2)19-7-5-6-8-21(19)33-22-10-9-18(15-20(22)27(30)31)17(3)23(28)25-11-13-26(14-12-25)24(29)32-4/h5-10,15-16H,3,11-14H2,1-2,4H3. The van der Waals surface area contributed by atoms with Crippen LogP contribution in [0.2, 0.25) is 0 Å². The first-order valence-electron chi connectivity index (χ1n) is 10.6. The molecule has 1 heterocycles. The van der Waals surface area contributed by atoms with Crippen molar-refractivity contribution in [2.45, 2.75) is 29.6 Å². The zero-order chi connectivity index (χ0) is 24.1. The Kier molecular flexibility index (Phi) is 7.75. The van der Waals surface area contributed by atoms with Crippen LogP contribution in [-0.4, -0.2) is 60.0 Å². The zero-order valence-corrected chi connectivity index (χ0v) is 19.8. The number of amides is 2. The number of nitrogens with zero attached hydrogens (tertiary/aromatic N) is 3. The van der Waals surface area contributed by atoms with Gasteiger partial charge in [0.1, 0.15) is 0 Å². The van der Waals surface area contributed by atoms with Crippen LogP contribution in [0.1, 0.15) is 30.9 Å². The summed E-state index contributed by atoms with van der Waals surface area (Å²) in [7, 11) is 1.32. The fourth-order valence-electron chi connectivity index (χ4n) is 3.64. The summed E-state index contributed by atoms with van der Waals surface area (Å²) in [5.74, 6) is -0.0246. The SMILES string of the molecule is C=C(C(=O)N1CCN(C(=O)OC)CC1)c1ccc(Sc2ccccc2C(C)C)c([N+](=O)[O-])c1. The van der Waals surface area contributed by atoms with Crippen molar-refractivity contribution >= 4 is 35.0 Å². The van der Waals surface area contributed by atoms with E-state index in [1.165, 1.54) is 29.8 Å². The Morgan fingerprint density at radius 1 is 1.06 bits per heavy atom. The number of rotatable bonds is 6. The Morgan fingerprint density at radius 2 is 1.70 bits per heavy atom. The lowest BCUT2D eigenvalue weighted by Crippen LogP contribution is -2.50. The van der Waals surface area contributed by atoms with Crippen LogP contribution in [0.5, 0.6) is 0 Å². The van der Waals surface area contributed by atoms with Crippen molar-refractivity contribution in [2.24, 2.45) is 0 Å². The smallest absolute Gasteiger partial charge is 0.409 e. The first-order chi connectivity index (χ1) is 15.7. The Balaban J connectivity index is 1.79. The molecule has 0 N–H and O–H groups in total. The molecule has 9 heteroatoms. The minimum absolute atomic E-state index is 0.0690. The lowest BCUT2D eigenvalue weighted by atomic mass is 10.0. The topological polar surface area (TPSA) is 93.0 Å². The molecule has 2 aromatic rings. The third-order valence-electron chi connectivity index (χ3n) is 5.52. The van der Waals surface area contributed by atoms with Crippen LogP contribution in [-0.2, 0) is 9.53 Å². The van der Waals surface area contributed by atoms with Crippen molar-refractivity contribution in [1.29, 1.82) is 0 Å². The number of carbonyl (C=O) groups is 2. The molecule has 8 nitrogen and oxygen atoms in total. The summed E-state index contributed by atoms with van der Waals surface area (Å²) < 4.78 is 4.71. The quantitative estimate of drug-likeness (QED) is 0.343. The number of nitro groups is 1. The highest BCUT2D eigenvalue weighted by Crippen LogP contribution is 2.39. The fourth-order valence-corrected chi connectivity index (χ4v) is 4.82. The predicted molar refractivity (Wildman–Crippen MR) is 127 cm³/mol. The van der Waals surface area contributed by atoms with Crippen LogP contribution < -0.4 is 0 Å². The van der Waals surface area contributed by atoms with E-state index in [0.717, 1.165) is 10.5 Å². The highest BCUT2D eigenvalue weighted by Gasteiger charge is 2.27. The zero-order valence-electron chi connectivity index (χ0n) is 18.9. The number of hydrogen-bond acceptors (Lipinski definition) is 6. The third kappa shape index (κ3) is 5.54. The molecule has 0 bridgehead atoms. The Labute approximate surface area is 197 Å². The van der Waals surface area contributed by atoms with Gasteiger partial charge in [0.05, 0.1) is 16.9 Å². The van der Waals surface area contributed by atoms with E-state index in [2.05, 4.69) is 20.4 Å². The minimum atomic E-state index is -0.434. The first-order valence-corrected chi connectivity index (χ1v) is 11.4. The molecular formula is C24H27N3O5S. The van der Waals surface area contributed by atoms with Gasteiger partial charge in [-0.25, -0.2) is 4.79 Å². The maximum Gasteiger partial charge on any atom is 0.409 e. The second kappa shape index (κ2) is 10.5. The predicted octanol–water partition coefficient (Wildman–Crippen LogP) is 4.79. The fraction of sp³-hybridized carbons (Fsp3) is 0.333. The molecule has 1 saturated heterocycles. The van der Waals surface area contributed by atoms with E-state index >= 15 is 0 Å². The molecule has 1 aliphatic heterocycles. The lowest BCUT2D eigenvalue weighted by molar-refractivity contribution is -0.387. The van der Waals surface area contributed by atoms with Gasteiger partial charge in [0, 0.05) is 42.7 Å². The van der Waals surface area contributed by atoms with Gasteiger partial charge in [-0.15, -0.1) is 0 Å². The van der Waals surface area contributed by atoms with E-state index < -0.39 is 11.0 Å². The molecule has 33 heavy (non-hydrogen) atoms. The number of methoxy groups -OCH3 is 1. The molecule has 3 rings (SSSR count). The Morgan fingerprint density at radius 3 is 2.30 bits per heavy atom. The van der Waals surface area contributed by atoms with E-state index in [0.29, 0.717) is 36.6 Å². The number of piperazine rings is 1. The summed E-state index contributed by atoms with van der Waals surface area (Å²) in [6.45, 7) is 9.46. The molecule has 0 saturated carbocycles. The normalized spacial score (nSPS) is 13.7. The molecule has 0 spiro atoms. The number of carbonyl (C=O) groups excluding carboxylic acids is 2. The van der Waals surface area contributed by atoms with Crippen molar-refractivity contribution in [2.75, 3.05) is 33.3 Å². The van der Waals surface area contributed by atoms with Crippen molar-refractivity contribution in [3.05, 3.63) is 70.3 Å². The Hall–Kier alpha value is -3.33. The molecule has 0 aliphatic carbocycles. The Bertz CT molecular complexity index is 1080. The summed E-state index contributed by atoms with van der Waals surface area (Å²) in [6, 6.07) is 12.6. The number of nitro benzene ring substituents is 1. The van der Waals surface area contributed by atoms with Crippen LogP contribution in [0, 0.1) is 10.1 Å². The van der Waals surface area contributed by atoms with Gasteiger partial charge in [0.25, 0.3) is 11.6 Å². The third-order valence-corrected chi connectivity index (χ3v) is 6.68. The molecule has 0 radical (unpaired) electrons. The van der Waals surface area contributed by atoms with Crippen LogP contribution in [0.4, 0.5) is 10.5 Å². The van der Waals surface area contributed by atoms with Gasteiger partial charge >= 0.3 is 6.09 Å². The van der Waals surface area contributed by atoms with Crippen LogP contribution in [0.3, 0.4) is 0 Å². The summed E-state index contributed by atoms with van der Waals surface area (Å²) in [5.41, 5.74) is 1.64. The lowest BCUT2D eigenvalue weighted by Gasteiger charge is -2.34.